The van der Waals surface area contributed by atoms with Crippen molar-refractivity contribution < 1.29 is 9.53 Å². The van der Waals surface area contributed by atoms with Gasteiger partial charge in [0.05, 0.1) is 7.11 Å². The minimum atomic E-state index is -0.130. The predicted molar refractivity (Wildman–Crippen MR) is 83.4 cm³/mol. The summed E-state index contributed by atoms with van der Waals surface area (Å²) in [5, 5.41) is 0. The molecule has 2 nitrogen and oxygen atoms in total. The molecule has 0 N–H and O–H groups in total. The van der Waals surface area contributed by atoms with E-state index in [-0.39, 0.29) is 5.97 Å². The van der Waals surface area contributed by atoms with E-state index in [1.54, 1.807) is 0 Å². The number of hydrogen-bond donors (Lipinski definition) is 0. The predicted octanol–water partition coefficient (Wildman–Crippen LogP) is 3.87. The molecular weight excluding hydrogens is 260 g/mol. The van der Waals surface area contributed by atoms with Crippen LogP contribution < -0.4 is 0 Å². The van der Waals surface area contributed by atoms with Crippen LogP contribution in [0.3, 0.4) is 0 Å². The van der Waals surface area contributed by atoms with Crippen molar-refractivity contribution in [1.29, 1.82) is 0 Å². The molecule has 3 rings (SSSR count). The molecule has 1 aliphatic rings. The Kier molecular flexibility index (Phi) is 4.05. The zero-order valence-corrected chi connectivity index (χ0v) is 12.3. The third-order valence-electron chi connectivity index (χ3n) is 4.39. The molecule has 2 heteroatoms. The monoisotopic (exact) mass is 280 g/mol. The van der Waals surface area contributed by atoms with Gasteiger partial charge in [-0.3, -0.25) is 4.79 Å². The summed E-state index contributed by atoms with van der Waals surface area (Å²) in [6, 6.07) is 17.2. The van der Waals surface area contributed by atoms with E-state index in [0.717, 1.165) is 19.3 Å². The number of fused-ring (bicyclic) bond motifs is 2. The topological polar surface area (TPSA) is 26.3 Å². The van der Waals surface area contributed by atoms with Crippen LogP contribution >= 0.6 is 0 Å². The van der Waals surface area contributed by atoms with Crippen LogP contribution in [0.15, 0.2) is 48.5 Å². The third kappa shape index (κ3) is 2.85. The molecule has 0 radical (unpaired) electrons. The summed E-state index contributed by atoms with van der Waals surface area (Å²) in [5.41, 5.74) is 5.55. The first-order chi connectivity index (χ1) is 10.3. The first-order valence-electron chi connectivity index (χ1n) is 7.52. The van der Waals surface area contributed by atoms with E-state index < -0.39 is 0 Å². The summed E-state index contributed by atoms with van der Waals surface area (Å²) < 4.78 is 4.81. The number of ether oxygens (including phenoxy) is 1. The van der Waals surface area contributed by atoms with Crippen molar-refractivity contribution in [1.82, 2.24) is 0 Å². The van der Waals surface area contributed by atoms with Crippen LogP contribution in [0.1, 0.15) is 41.0 Å². The zero-order valence-electron chi connectivity index (χ0n) is 12.3. The molecule has 0 bridgehead atoms. The van der Waals surface area contributed by atoms with Crippen LogP contribution in [0.4, 0.5) is 0 Å². The Hall–Kier alpha value is -2.09. The van der Waals surface area contributed by atoms with E-state index >= 15 is 0 Å². The van der Waals surface area contributed by atoms with Crippen molar-refractivity contribution in [3.8, 4) is 0 Å². The van der Waals surface area contributed by atoms with Gasteiger partial charge < -0.3 is 4.74 Å². The molecule has 0 spiro atoms. The summed E-state index contributed by atoms with van der Waals surface area (Å²) in [5.74, 6) is 0.160. The maximum absolute atomic E-state index is 11.5. The van der Waals surface area contributed by atoms with Gasteiger partial charge in [-0.15, -0.1) is 0 Å². The van der Waals surface area contributed by atoms with Gasteiger partial charge in [-0.2, -0.15) is 0 Å². The molecule has 0 heterocycles. The second-order valence-corrected chi connectivity index (χ2v) is 5.57. The fourth-order valence-electron chi connectivity index (χ4n) is 3.32. The number of methoxy groups -OCH3 is 1. The van der Waals surface area contributed by atoms with Gasteiger partial charge in [0.15, 0.2) is 0 Å². The Bertz CT molecular complexity index is 598. The standard InChI is InChI=1S/C19H20O2/c1-21-19(20)13-12-18-16-8-4-2-6-14(16)10-11-15-7-3-5-9-17(15)18/h2-9,18H,10-13H2,1H3. The normalized spacial score (nSPS) is 14.0. The highest BCUT2D eigenvalue weighted by Crippen LogP contribution is 2.37. The lowest BCUT2D eigenvalue weighted by Gasteiger charge is -2.20. The molecule has 0 aromatic heterocycles. The fraction of sp³-hybridized carbons (Fsp3) is 0.316. The molecule has 0 amide bonds. The molecular formula is C19H20O2. The largest absolute Gasteiger partial charge is 0.469 e. The Balaban J connectivity index is 2.00. The van der Waals surface area contributed by atoms with Crippen LogP contribution in [-0.2, 0) is 22.4 Å². The lowest BCUT2D eigenvalue weighted by atomic mass is 9.85. The zero-order chi connectivity index (χ0) is 14.7. The minimum Gasteiger partial charge on any atom is -0.469 e. The van der Waals surface area contributed by atoms with Crippen LogP contribution in [0.5, 0.6) is 0 Å². The molecule has 2 aromatic rings. The van der Waals surface area contributed by atoms with E-state index in [9.17, 15) is 4.79 Å². The van der Waals surface area contributed by atoms with Crippen molar-refractivity contribution in [2.75, 3.05) is 7.11 Å². The Labute approximate surface area is 125 Å². The van der Waals surface area contributed by atoms with E-state index in [2.05, 4.69) is 48.5 Å². The summed E-state index contributed by atoms with van der Waals surface area (Å²) in [6.45, 7) is 0. The van der Waals surface area contributed by atoms with Gasteiger partial charge in [0, 0.05) is 12.3 Å². The molecule has 2 aromatic carbocycles. The van der Waals surface area contributed by atoms with E-state index in [4.69, 9.17) is 4.74 Å². The number of aryl methyl sites for hydroxylation is 2. The van der Waals surface area contributed by atoms with Crippen LogP contribution in [0.25, 0.3) is 0 Å². The number of carbonyl (C=O) groups is 1. The molecule has 1 aliphatic carbocycles. The number of rotatable bonds is 3. The van der Waals surface area contributed by atoms with Gasteiger partial charge >= 0.3 is 5.97 Å². The van der Waals surface area contributed by atoms with Gasteiger partial charge in [0.2, 0.25) is 0 Å². The quantitative estimate of drug-likeness (QED) is 0.798. The second kappa shape index (κ2) is 6.13. The van der Waals surface area contributed by atoms with Crippen LogP contribution in [0.2, 0.25) is 0 Å². The van der Waals surface area contributed by atoms with Crippen molar-refractivity contribution in [2.45, 2.75) is 31.6 Å². The lowest BCUT2D eigenvalue weighted by Crippen LogP contribution is -2.08. The van der Waals surface area contributed by atoms with Gasteiger partial charge in [0.25, 0.3) is 0 Å². The molecule has 108 valence electrons. The first-order valence-corrected chi connectivity index (χ1v) is 7.52. The average molecular weight is 280 g/mol. The van der Waals surface area contributed by atoms with Crippen molar-refractivity contribution in [2.24, 2.45) is 0 Å². The molecule has 0 atom stereocenters. The highest BCUT2D eigenvalue weighted by atomic mass is 16.5. The molecule has 0 saturated heterocycles. The van der Waals surface area contributed by atoms with Gasteiger partial charge in [-0.25, -0.2) is 0 Å². The molecule has 21 heavy (non-hydrogen) atoms. The van der Waals surface area contributed by atoms with Crippen LogP contribution in [-0.4, -0.2) is 13.1 Å². The highest BCUT2D eigenvalue weighted by molar-refractivity contribution is 5.69. The highest BCUT2D eigenvalue weighted by Gasteiger charge is 2.23. The maximum Gasteiger partial charge on any atom is 0.305 e. The number of benzene rings is 2. The number of hydrogen-bond acceptors (Lipinski definition) is 2. The first kappa shape index (κ1) is 13.9. The van der Waals surface area contributed by atoms with E-state index in [1.807, 2.05) is 0 Å². The Morgan fingerprint density at radius 1 is 1.00 bits per heavy atom. The van der Waals surface area contributed by atoms with Gasteiger partial charge in [0.1, 0.15) is 0 Å². The summed E-state index contributed by atoms with van der Waals surface area (Å²) in [6.07, 6.45) is 3.41. The van der Waals surface area contributed by atoms with Gasteiger partial charge in [-0.1, -0.05) is 48.5 Å². The molecule has 0 fully saturated rings. The average Bonchev–Trinajstić information content (AvgIpc) is 2.69. The lowest BCUT2D eigenvalue weighted by molar-refractivity contribution is -0.140. The summed E-state index contributed by atoms with van der Waals surface area (Å²) >= 11 is 0. The SMILES string of the molecule is COC(=O)CCC1c2ccccc2CCc2ccccc21. The minimum absolute atomic E-state index is 0.130. The fourth-order valence-corrected chi connectivity index (χ4v) is 3.32. The van der Waals surface area contributed by atoms with Crippen LogP contribution in [0, 0.1) is 0 Å². The smallest absolute Gasteiger partial charge is 0.305 e. The van der Waals surface area contributed by atoms with Gasteiger partial charge in [-0.05, 0) is 41.5 Å². The Morgan fingerprint density at radius 3 is 2.05 bits per heavy atom. The van der Waals surface area contributed by atoms with E-state index in [0.29, 0.717) is 12.3 Å². The molecule has 0 unspecified atom stereocenters. The second-order valence-electron chi connectivity index (χ2n) is 5.57. The molecule has 0 aliphatic heterocycles. The van der Waals surface area contributed by atoms with E-state index in [1.165, 1.54) is 29.4 Å². The summed E-state index contributed by atoms with van der Waals surface area (Å²) in [7, 11) is 1.46. The maximum atomic E-state index is 11.5. The third-order valence-corrected chi connectivity index (χ3v) is 4.39. The van der Waals surface area contributed by atoms with Crippen molar-refractivity contribution in [3.63, 3.8) is 0 Å². The van der Waals surface area contributed by atoms with Crippen molar-refractivity contribution in [3.05, 3.63) is 70.8 Å². The van der Waals surface area contributed by atoms with Crippen molar-refractivity contribution >= 4 is 5.97 Å². The molecule has 0 saturated carbocycles. The Morgan fingerprint density at radius 2 is 1.52 bits per heavy atom. The number of esters is 1. The number of carbonyl (C=O) groups excluding carboxylic acids is 1. The summed E-state index contributed by atoms with van der Waals surface area (Å²) in [4.78, 5) is 11.5.